The Hall–Kier alpha value is -1.65. The van der Waals surface area contributed by atoms with Crippen LogP contribution in [0.4, 0.5) is 0 Å². The van der Waals surface area contributed by atoms with Gasteiger partial charge in [0.15, 0.2) is 0 Å². The standard InChI is InChI=1S/C18H23NO2S/c1-17(2,3)14-9-7-13(8-10-14)16(20)19-12-18(4,21)15-6-5-11-22-15/h5-11,21H,12H2,1-4H3,(H,19,20). The summed E-state index contributed by atoms with van der Waals surface area (Å²) >= 11 is 1.48. The van der Waals surface area contributed by atoms with Crippen molar-refractivity contribution in [3.63, 3.8) is 0 Å². The third-order valence-corrected chi connectivity index (χ3v) is 4.78. The molecule has 0 saturated heterocycles. The van der Waals surface area contributed by atoms with Gasteiger partial charge in [-0.05, 0) is 41.5 Å². The fourth-order valence-corrected chi connectivity index (χ4v) is 2.94. The first-order valence-corrected chi connectivity index (χ1v) is 8.23. The molecule has 0 radical (unpaired) electrons. The highest BCUT2D eigenvalue weighted by molar-refractivity contribution is 7.10. The molecule has 2 N–H and O–H groups in total. The minimum absolute atomic E-state index is 0.0673. The highest BCUT2D eigenvalue weighted by atomic mass is 32.1. The van der Waals surface area contributed by atoms with Crippen molar-refractivity contribution in [2.45, 2.75) is 38.7 Å². The van der Waals surface area contributed by atoms with Crippen molar-refractivity contribution < 1.29 is 9.90 Å². The predicted octanol–water partition coefficient (Wildman–Crippen LogP) is 3.68. The van der Waals surface area contributed by atoms with Crippen molar-refractivity contribution in [3.8, 4) is 0 Å². The lowest BCUT2D eigenvalue weighted by molar-refractivity contribution is 0.0557. The molecule has 0 fully saturated rings. The lowest BCUT2D eigenvalue weighted by Gasteiger charge is -2.22. The maximum Gasteiger partial charge on any atom is 0.251 e. The number of amides is 1. The zero-order valence-corrected chi connectivity index (χ0v) is 14.3. The molecule has 1 atom stereocenters. The second-order valence-electron chi connectivity index (χ2n) is 6.76. The van der Waals surface area contributed by atoms with Gasteiger partial charge >= 0.3 is 0 Å². The predicted molar refractivity (Wildman–Crippen MR) is 91.4 cm³/mol. The first-order chi connectivity index (χ1) is 10.2. The van der Waals surface area contributed by atoms with E-state index in [1.165, 1.54) is 16.9 Å². The van der Waals surface area contributed by atoms with E-state index < -0.39 is 5.60 Å². The normalized spacial score (nSPS) is 14.4. The zero-order valence-electron chi connectivity index (χ0n) is 13.5. The number of rotatable bonds is 4. The van der Waals surface area contributed by atoms with Crippen molar-refractivity contribution >= 4 is 17.2 Å². The van der Waals surface area contributed by atoms with Crippen LogP contribution in [0.2, 0.25) is 0 Å². The van der Waals surface area contributed by atoms with E-state index in [0.717, 1.165) is 4.88 Å². The molecule has 0 saturated carbocycles. The van der Waals surface area contributed by atoms with Crippen LogP contribution in [-0.2, 0) is 11.0 Å². The van der Waals surface area contributed by atoms with Gasteiger partial charge in [-0.15, -0.1) is 11.3 Å². The second-order valence-corrected chi connectivity index (χ2v) is 7.71. The third-order valence-electron chi connectivity index (χ3n) is 3.66. The lowest BCUT2D eigenvalue weighted by atomic mass is 9.86. The van der Waals surface area contributed by atoms with E-state index in [9.17, 15) is 9.90 Å². The number of hydrogen-bond acceptors (Lipinski definition) is 3. The zero-order chi connectivity index (χ0) is 16.4. The molecule has 2 rings (SSSR count). The molecule has 2 aromatic rings. The van der Waals surface area contributed by atoms with Gasteiger partial charge < -0.3 is 10.4 Å². The first-order valence-electron chi connectivity index (χ1n) is 7.35. The highest BCUT2D eigenvalue weighted by Crippen LogP contribution is 2.25. The third kappa shape index (κ3) is 3.96. The maximum atomic E-state index is 12.2. The van der Waals surface area contributed by atoms with E-state index in [1.807, 2.05) is 41.8 Å². The molecule has 0 aliphatic heterocycles. The molecule has 1 aromatic heterocycles. The molecular weight excluding hydrogens is 294 g/mol. The molecule has 22 heavy (non-hydrogen) atoms. The number of carbonyl (C=O) groups is 1. The van der Waals surface area contributed by atoms with Crippen molar-refractivity contribution in [2.24, 2.45) is 0 Å². The smallest absolute Gasteiger partial charge is 0.251 e. The summed E-state index contributed by atoms with van der Waals surface area (Å²) in [7, 11) is 0. The van der Waals surface area contributed by atoms with Gasteiger partial charge in [-0.25, -0.2) is 0 Å². The van der Waals surface area contributed by atoms with Crippen LogP contribution in [0.15, 0.2) is 41.8 Å². The first kappa shape index (κ1) is 16.7. The maximum absolute atomic E-state index is 12.2. The molecule has 0 spiro atoms. The fraction of sp³-hybridized carbons (Fsp3) is 0.389. The molecule has 118 valence electrons. The molecule has 1 aromatic carbocycles. The van der Waals surface area contributed by atoms with Crippen LogP contribution in [0.3, 0.4) is 0 Å². The monoisotopic (exact) mass is 317 g/mol. The fourth-order valence-electron chi connectivity index (χ4n) is 2.15. The van der Waals surface area contributed by atoms with Crippen molar-refractivity contribution in [3.05, 3.63) is 57.8 Å². The van der Waals surface area contributed by atoms with E-state index in [1.54, 1.807) is 6.92 Å². The number of nitrogens with one attached hydrogen (secondary N) is 1. The summed E-state index contributed by atoms with van der Waals surface area (Å²) in [5, 5.41) is 15.1. The van der Waals surface area contributed by atoms with Gasteiger partial charge in [0.05, 0.1) is 6.54 Å². The van der Waals surface area contributed by atoms with Crippen molar-refractivity contribution in [1.82, 2.24) is 5.32 Å². The number of hydrogen-bond donors (Lipinski definition) is 2. The molecule has 0 aliphatic rings. The van der Waals surface area contributed by atoms with Crippen LogP contribution in [0.1, 0.15) is 48.5 Å². The van der Waals surface area contributed by atoms with Gasteiger partial charge in [0.1, 0.15) is 5.60 Å². The van der Waals surface area contributed by atoms with Gasteiger partial charge in [0.25, 0.3) is 5.91 Å². The van der Waals surface area contributed by atoms with Crippen molar-refractivity contribution in [2.75, 3.05) is 6.54 Å². The molecule has 4 heteroatoms. The van der Waals surface area contributed by atoms with Gasteiger partial charge in [0.2, 0.25) is 0 Å². The quantitative estimate of drug-likeness (QED) is 0.903. The summed E-state index contributed by atoms with van der Waals surface area (Å²) in [6.45, 7) is 8.32. The number of aliphatic hydroxyl groups is 1. The molecule has 0 bridgehead atoms. The Morgan fingerprint density at radius 3 is 2.27 bits per heavy atom. The molecular formula is C18H23NO2S. The van der Waals surface area contributed by atoms with Gasteiger partial charge in [-0.3, -0.25) is 4.79 Å². The van der Waals surface area contributed by atoms with Crippen molar-refractivity contribution in [1.29, 1.82) is 0 Å². The highest BCUT2D eigenvalue weighted by Gasteiger charge is 2.25. The Kier molecular flexibility index (Phi) is 4.73. The number of benzene rings is 1. The van der Waals surface area contributed by atoms with Crippen LogP contribution < -0.4 is 5.32 Å². The summed E-state index contributed by atoms with van der Waals surface area (Å²) in [6.07, 6.45) is 0. The summed E-state index contributed by atoms with van der Waals surface area (Å²) in [4.78, 5) is 13.0. The number of thiophene rings is 1. The Morgan fingerprint density at radius 2 is 1.77 bits per heavy atom. The molecule has 3 nitrogen and oxygen atoms in total. The largest absolute Gasteiger partial charge is 0.383 e. The summed E-state index contributed by atoms with van der Waals surface area (Å²) in [5.41, 5.74) is 0.817. The number of carbonyl (C=O) groups excluding carboxylic acids is 1. The summed E-state index contributed by atoms with van der Waals surface area (Å²) in [5.74, 6) is -0.169. The Bertz CT molecular complexity index is 622. The summed E-state index contributed by atoms with van der Waals surface area (Å²) < 4.78 is 0. The van der Waals surface area contributed by atoms with Crippen LogP contribution in [-0.4, -0.2) is 17.6 Å². The molecule has 1 unspecified atom stereocenters. The van der Waals surface area contributed by atoms with Crippen LogP contribution in [0.25, 0.3) is 0 Å². The average Bonchev–Trinajstić information content (AvgIpc) is 2.99. The van der Waals surface area contributed by atoms with E-state index in [0.29, 0.717) is 5.56 Å². The minimum atomic E-state index is -1.05. The van der Waals surface area contributed by atoms with Crippen LogP contribution >= 0.6 is 11.3 Å². The molecule has 0 aliphatic carbocycles. The molecule has 1 amide bonds. The second kappa shape index (κ2) is 6.23. The van der Waals surface area contributed by atoms with Gasteiger partial charge in [-0.1, -0.05) is 39.0 Å². The Morgan fingerprint density at radius 1 is 1.14 bits per heavy atom. The van der Waals surface area contributed by atoms with E-state index >= 15 is 0 Å². The van der Waals surface area contributed by atoms with E-state index in [4.69, 9.17) is 0 Å². The average molecular weight is 317 g/mol. The summed E-state index contributed by atoms with van der Waals surface area (Å²) in [6, 6.07) is 11.4. The van der Waals surface area contributed by atoms with Gasteiger partial charge in [-0.2, -0.15) is 0 Å². The Balaban J connectivity index is 2.01. The molecule has 1 heterocycles. The van der Waals surface area contributed by atoms with E-state index in [-0.39, 0.29) is 17.9 Å². The van der Waals surface area contributed by atoms with E-state index in [2.05, 4.69) is 26.1 Å². The topological polar surface area (TPSA) is 49.3 Å². The van der Waals surface area contributed by atoms with Crippen LogP contribution in [0.5, 0.6) is 0 Å². The SMILES string of the molecule is CC(C)(C)c1ccc(C(=O)NCC(C)(O)c2cccs2)cc1. The Labute approximate surface area is 136 Å². The van der Waals surface area contributed by atoms with Crippen LogP contribution in [0, 0.1) is 0 Å². The van der Waals surface area contributed by atoms with Gasteiger partial charge in [0, 0.05) is 10.4 Å². The minimum Gasteiger partial charge on any atom is -0.383 e. The lowest BCUT2D eigenvalue weighted by Crippen LogP contribution is -2.38.